The highest BCUT2D eigenvalue weighted by atomic mass is 19.4. The molecule has 0 bridgehead atoms. The summed E-state index contributed by atoms with van der Waals surface area (Å²) in [7, 11) is 0. The summed E-state index contributed by atoms with van der Waals surface area (Å²) < 4.78 is 57.5. The number of piperidine rings is 1. The van der Waals surface area contributed by atoms with Crippen LogP contribution in [0.2, 0.25) is 0 Å². The van der Waals surface area contributed by atoms with Crippen LogP contribution in [-0.2, 0) is 17.5 Å². The minimum absolute atomic E-state index is 0.240. The molecule has 2 aromatic rings. The first-order valence-corrected chi connectivity index (χ1v) is 11.1. The van der Waals surface area contributed by atoms with E-state index in [1.807, 2.05) is 12.1 Å². The van der Waals surface area contributed by atoms with E-state index >= 15 is 0 Å². The lowest BCUT2D eigenvalue weighted by Crippen LogP contribution is -2.41. The fourth-order valence-electron chi connectivity index (χ4n) is 4.33. The zero-order valence-electron chi connectivity index (χ0n) is 18.0. The molecule has 1 aliphatic rings. The summed E-state index contributed by atoms with van der Waals surface area (Å²) in [5.74, 6) is 0.307. The quantitative estimate of drug-likeness (QED) is 0.321. The van der Waals surface area contributed by atoms with E-state index in [-0.39, 0.29) is 24.3 Å². The summed E-state index contributed by atoms with van der Waals surface area (Å²) >= 11 is 0. The van der Waals surface area contributed by atoms with Gasteiger partial charge in [0.2, 0.25) is 0 Å². The molecule has 1 fully saturated rings. The Balaban J connectivity index is 1.60. The van der Waals surface area contributed by atoms with Crippen LogP contribution in [0.3, 0.4) is 0 Å². The highest BCUT2D eigenvalue weighted by molar-refractivity contribution is 5.24. The molecule has 0 N–H and O–H groups in total. The highest BCUT2D eigenvalue weighted by Gasteiger charge is 2.31. The number of unbranched alkanes of at least 4 members (excludes halogenated alkanes) is 2. The zero-order valence-corrected chi connectivity index (χ0v) is 18.0. The molecule has 0 aliphatic carbocycles. The van der Waals surface area contributed by atoms with E-state index in [1.54, 1.807) is 0 Å². The topological polar surface area (TPSA) is 12.5 Å². The van der Waals surface area contributed by atoms with Crippen molar-refractivity contribution in [1.82, 2.24) is 4.90 Å². The van der Waals surface area contributed by atoms with Crippen molar-refractivity contribution < 1.29 is 22.3 Å². The van der Waals surface area contributed by atoms with Crippen LogP contribution < -0.4 is 0 Å². The molecule has 3 rings (SSSR count). The molecule has 2 unspecified atom stereocenters. The fourth-order valence-corrected chi connectivity index (χ4v) is 4.33. The third kappa shape index (κ3) is 7.04. The normalized spacial score (nSPS) is 20.2. The van der Waals surface area contributed by atoms with E-state index in [4.69, 9.17) is 4.74 Å². The van der Waals surface area contributed by atoms with Gasteiger partial charge in [0.05, 0.1) is 18.8 Å². The number of ether oxygens (including phenoxy) is 1. The third-order valence-corrected chi connectivity index (χ3v) is 6.08. The molecule has 31 heavy (non-hydrogen) atoms. The smallest absolute Gasteiger partial charge is 0.376 e. The molecule has 170 valence electrons. The maximum Gasteiger partial charge on any atom is 0.416 e. The van der Waals surface area contributed by atoms with Crippen LogP contribution in [0.4, 0.5) is 17.6 Å². The molecule has 0 saturated carbocycles. The minimum Gasteiger partial charge on any atom is -0.376 e. The van der Waals surface area contributed by atoms with Crippen molar-refractivity contribution in [3.05, 3.63) is 71.0 Å². The van der Waals surface area contributed by atoms with E-state index in [0.717, 1.165) is 49.3 Å². The Bertz CT molecular complexity index is 789. The molecule has 0 spiro atoms. The van der Waals surface area contributed by atoms with Crippen LogP contribution in [0.15, 0.2) is 48.5 Å². The zero-order chi connectivity index (χ0) is 22.3. The van der Waals surface area contributed by atoms with Gasteiger partial charge in [-0.25, -0.2) is 4.39 Å². The molecule has 2 nitrogen and oxygen atoms in total. The van der Waals surface area contributed by atoms with Gasteiger partial charge in [0.15, 0.2) is 0 Å². The van der Waals surface area contributed by atoms with Crippen molar-refractivity contribution >= 4 is 0 Å². The Morgan fingerprint density at radius 2 is 1.71 bits per heavy atom. The minimum atomic E-state index is -4.33. The van der Waals surface area contributed by atoms with Gasteiger partial charge in [0.1, 0.15) is 5.82 Å². The van der Waals surface area contributed by atoms with Gasteiger partial charge in [-0.1, -0.05) is 44.0 Å². The van der Waals surface area contributed by atoms with Crippen molar-refractivity contribution in [3.63, 3.8) is 0 Å². The van der Waals surface area contributed by atoms with Crippen molar-refractivity contribution in [2.45, 2.75) is 51.3 Å². The molecule has 1 aliphatic heterocycles. The number of hydrogen-bond acceptors (Lipinski definition) is 2. The van der Waals surface area contributed by atoms with E-state index < -0.39 is 11.7 Å². The molecule has 6 heteroatoms. The van der Waals surface area contributed by atoms with Crippen LogP contribution in [0.25, 0.3) is 0 Å². The highest BCUT2D eigenvalue weighted by Crippen LogP contribution is 2.34. The van der Waals surface area contributed by atoms with E-state index in [2.05, 4.69) is 11.8 Å². The molecule has 1 heterocycles. The van der Waals surface area contributed by atoms with Crippen LogP contribution in [0.5, 0.6) is 0 Å². The second-order valence-electron chi connectivity index (χ2n) is 8.42. The second-order valence-corrected chi connectivity index (χ2v) is 8.42. The molecule has 0 amide bonds. The lowest BCUT2D eigenvalue weighted by Gasteiger charge is -2.39. The van der Waals surface area contributed by atoms with Crippen LogP contribution in [-0.4, -0.2) is 31.1 Å². The first-order valence-electron chi connectivity index (χ1n) is 11.1. The van der Waals surface area contributed by atoms with E-state index in [9.17, 15) is 17.6 Å². The van der Waals surface area contributed by atoms with Gasteiger partial charge in [-0.15, -0.1) is 0 Å². The standard InChI is InChI=1S/C25H31F4NO/c1-2-3-4-14-30-15-13-24(20-7-11-23(26)12-8-20)21(16-30)18-31-17-19-5-9-22(10-6-19)25(27,28)29/h5-12,21,24H,2-4,13-18H2,1H3. The van der Waals surface area contributed by atoms with E-state index in [0.29, 0.717) is 6.61 Å². The summed E-state index contributed by atoms with van der Waals surface area (Å²) in [6, 6.07) is 11.8. The molecular formula is C25H31F4NO. The maximum absolute atomic E-state index is 13.4. The summed E-state index contributed by atoms with van der Waals surface area (Å²) in [5, 5.41) is 0. The molecule has 2 aromatic carbocycles. The fraction of sp³-hybridized carbons (Fsp3) is 0.520. The molecule has 0 radical (unpaired) electrons. The van der Waals surface area contributed by atoms with Gasteiger partial charge in [0.25, 0.3) is 0 Å². The Hall–Kier alpha value is -1.92. The monoisotopic (exact) mass is 437 g/mol. The van der Waals surface area contributed by atoms with Gasteiger partial charge >= 0.3 is 6.18 Å². The number of likely N-dealkylation sites (tertiary alicyclic amines) is 1. The molecular weight excluding hydrogens is 406 g/mol. The van der Waals surface area contributed by atoms with Gasteiger partial charge in [-0.2, -0.15) is 13.2 Å². The predicted octanol–water partition coefficient (Wildman–Crippen LogP) is 6.66. The van der Waals surface area contributed by atoms with Gasteiger partial charge in [0, 0.05) is 12.5 Å². The van der Waals surface area contributed by atoms with Crippen LogP contribution in [0.1, 0.15) is 55.2 Å². The van der Waals surface area contributed by atoms with Crippen molar-refractivity contribution in [3.8, 4) is 0 Å². The predicted molar refractivity (Wildman–Crippen MR) is 114 cm³/mol. The summed E-state index contributed by atoms with van der Waals surface area (Å²) in [6.45, 7) is 5.99. The van der Waals surface area contributed by atoms with Gasteiger partial charge < -0.3 is 9.64 Å². The maximum atomic E-state index is 13.4. The second kappa shape index (κ2) is 11.1. The lowest BCUT2D eigenvalue weighted by atomic mass is 9.80. The number of alkyl halides is 3. The Morgan fingerprint density at radius 3 is 2.35 bits per heavy atom. The lowest BCUT2D eigenvalue weighted by molar-refractivity contribution is -0.137. The summed E-state index contributed by atoms with van der Waals surface area (Å²) in [5.41, 5.74) is 1.20. The van der Waals surface area contributed by atoms with Crippen molar-refractivity contribution in [1.29, 1.82) is 0 Å². The average molecular weight is 438 g/mol. The van der Waals surface area contributed by atoms with E-state index in [1.165, 1.54) is 43.5 Å². The number of halogens is 4. The third-order valence-electron chi connectivity index (χ3n) is 6.08. The summed E-state index contributed by atoms with van der Waals surface area (Å²) in [6.07, 6.45) is 0.243. The Labute approximate surface area is 182 Å². The molecule has 0 aromatic heterocycles. The van der Waals surface area contributed by atoms with Crippen molar-refractivity contribution in [2.24, 2.45) is 5.92 Å². The number of rotatable bonds is 9. The Kier molecular flexibility index (Phi) is 8.50. The first-order chi connectivity index (χ1) is 14.9. The molecule has 1 saturated heterocycles. The number of nitrogens with zero attached hydrogens (tertiary/aromatic N) is 1. The van der Waals surface area contributed by atoms with Gasteiger partial charge in [-0.05, 0) is 67.2 Å². The molecule has 2 atom stereocenters. The Morgan fingerprint density at radius 1 is 1.00 bits per heavy atom. The SMILES string of the molecule is CCCCCN1CCC(c2ccc(F)cc2)C(COCc2ccc(C(F)(F)F)cc2)C1. The average Bonchev–Trinajstić information content (AvgIpc) is 2.75. The number of hydrogen-bond donors (Lipinski definition) is 0. The van der Waals surface area contributed by atoms with Crippen LogP contribution in [0, 0.1) is 11.7 Å². The number of benzene rings is 2. The van der Waals surface area contributed by atoms with Crippen molar-refractivity contribution in [2.75, 3.05) is 26.2 Å². The van der Waals surface area contributed by atoms with Crippen LogP contribution >= 0.6 is 0 Å². The largest absolute Gasteiger partial charge is 0.416 e. The summed E-state index contributed by atoms with van der Waals surface area (Å²) in [4.78, 5) is 2.47. The van der Waals surface area contributed by atoms with Gasteiger partial charge in [-0.3, -0.25) is 0 Å². The first kappa shape index (κ1) is 23.7.